The van der Waals surface area contributed by atoms with Gasteiger partial charge in [-0.3, -0.25) is 4.98 Å². The van der Waals surface area contributed by atoms with Crippen LogP contribution in [0, 0.1) is 0 Å². The molecule has 1 N–H and O–H groups in total. The highest BCUT2D eigenvalue weighted by atomic mass is 16.6. The SMILES string of the molecule is COC(=O)c1ccc(CC2CN(C(=O)OC(C)(C)C)CCNCCN2C(=O)OC(C)(C)C)nc1. The average molecular weight is 479 g/mol. The first kappa shape index (κ1) is 27.4. The largest absolute Gasteiger partial charge is 0.465 e. The zero-order valence-corrected chi connectivity index (χ0v) is 21.3. The summed E-state index contributed by atoms with van der Waals surface area (Å²) in [6.07, 6.45) is 0.900. The minimum atomic E-state index is -0.668. The number of ether oxygens (including phenoxy) is 3. The molecule has 1 aromatic heterocycles. The van der Waals surface area contributed by atoms with Crippen LogP contribution in [0.5, 0.6) is 0 Å². The summed E-state index contributed by atoms with van der Waals surface area (Å²) in [4.78, 5) is 45.4. The van der Waals surface area contributed by atoms with Crippen LogP contribution in [0.4, 0.5) is 9.59 Å². The first-order chi connectivity index (χ1) is 15.8. The lowest BCUT2D eigenvalue weighted by molar-refractivity contribution is 0.00487. The number of methoxy groups -OCH3 is 1. The van der Waals surface area contributed by atoms with Gasteiger partial charge < -0.3 is 29.3 Å². The third-order valence-electron chi connectivity index (χ3n) is 4.93. The number of hydrogen-bond acceptors (Lipinski definition) is 8. The molecular weight excluding hydrogens is 440 g/mol. The van der Waals surface area contributed by atoms with Crippen molar-refractivity contribution in [1.82, 2.24) is 20.1 Å². The van der Waals surface area contributed by atoms with E-state index in [1.807, 2.05) is 41.5 Å². The maximum atomic E-state index is 13.1. The molecular formula is C24H38N4O6. The van der Waals surface area contributed by atoms with Gasteiger partial charge in [-0.2, -0.15) is 0 Å². The van der Waals surface area contributed by atoms with E-state index in [-0.39, 0.29) is 6.54 Å². The Bertz CT molecular complexity index is 845. The minimum absolute atomic E-state index is 0.246. The first-order valence-corrected chi connectivity index (χ1v) is 11.5. The van der Waals surface area contributed by atoms with Crippen molar-refractivity contribution in [3.8, 4) is 0 Å². The smallest absolute Gasteiger partial charge is 0.410 e. The highest BCUT2D eigenvalue weighted by Gasteiger charge is 2.33. The number of rotatable bonds is 3. The number of pyridine rings is 1. The van der Waals surface area contributed by atoms with Crippen molar-refractivity contribution < 1.29 is 28.6 Å². The lowest BCUT2D eigenvalue weighted by Gasteiger charge is -2.36. The van der Waals surface area contributed by atoms with Crippen molar-refractivity contribution in [2.75, 3.05) is 39.8 Å². The molecule has 1 aliphatic rings. The molecule has 0 aromatic carbocycles. The summed E-state index contributed by atoms with van der Waals surface area (Å²) in [5, 5.41) is 3.27. The number of nitrogens with zero attached hydrogens (tertiary/aromatic N) is 3. The quantitative estimate of drug-likeness (QED) is 0.522. The van der Waals surface area contributed by atoms with Crippen molar-refractivity contribution in [2.45, 2.75) is 65.2 Å². The molecule has 1 aliphatic heterocycles. The van der Waals surface area contributed by atoms with Gasteiger partial charge in [0.15, 0.2) is 0 Å². The number of carbonyl (C=O) groups is 3. The molecule has 2 heterocycles. The Hall–Kier alpha value is -2.88. The second-order valence-corrected chi connectivity index (χ2v) is 10.2. The van der Waals surface area contributed by atoms with E-state index in [4.69, 9.17) is 14.2 Å². The second-order valence-electron chi connectivity index (χ2n) is 10.2. The highest BCUT2D eigenvalue weighted by Crippen LogP contribution is 2.18. The van der Waals surface area contributed by atoms with Crippen molar-refractivity contribution in [3.05, 3.63) is 29.6 Å². The minimum Gasteiger partial charge on any atom is -0.465 e. The van der Waals surface area contributed by atoms with Gasteiger partial charge in [0.05, 0.1) is 18.7 Å². The van der Waals surface area contributed by atoms with E-state index in [2.05, 4.69) is 10.3 Å². The van der Waals surface area contributed by atoms with Crippen LogP contribution in [0.15, 0.2) is 18.3 Å². The predicted octanol–water partition coefficient (Wildman–Crippen LogP) is 2.86. The molecule has 0 spiro atoms. The van der Waals surface area contributed by atoms with Crippen molar-refractivity contribution in [2.24, 2.45) is 0 Å². The standard InChI is InChI=1S/C24H38N4O6/c1-23(2,3)33-21(30)27-12-10-25-11-13-28(22(31)34-24(4,5)6)19(16-27)14-18-9-8-17(15-26-18)20(29)32-7/h8-9,15,19,25H,10-14,16H2,1-7H3. The van der Waals surface area contributed by atoms with Gasteiger partial charge in [0.2, 0.25) is 0 Å². The molecule has 2 amide bonds. The normalized spacial score (nSPS) is 17.8. The summed E-state index contributed by atoms with van der Waals surface area (Å²) >= 11 is 0. The molecule has 1 fully saturated rings. The number of amides is 2. The third kappa shape index (κ3) is 8.81. The van der Waals surface area contributed by atoms with Gasteiger partial charge in [-0.1, -0.05) is 0 Å². The first-order valence-electron chi connectivity index (χ1n) is 11.5. The van der Waals surface area contributed by atoms with Crippen LogP contribution in [-0.2, 0) is 20.6 Å². The van der Waals surface area contributed by atoms with Gasteiger partial charge in [0.25, 0.3) is 0 Å². The molecule has 1 saturated heterocycles. The van der Waals surface area contributed by atoms with Gasteiger partial charge in [-0.15, -0.1) is 0 Å². The molecule has 0 radical (unpaired) electrons. The van der Waals surface area contributed by atoms with Gasteiger partial charge in [0, 0.05) is 51.0 Å². The van der Waals surface area contributed by atoms with Crippen LogP contribution in [0.25, 0.3) is 0 Å². The second kappa shape index (κ2) is 11.5. The molecule has 10 nitrogen and oxygen atoms in total. The molecule has 2 rings (SSSR count). The van der Waals surface area contributed by atoms with E-state index in [0.717, 1.165) is 0 Å². The Kier molecular flexibility index (Phi) is 9.26. The fourth-order valence-corrected chi connectivity index (χ4v) is 3.42. The Labute approximate surface area is 201 Å². The molecule has 1 aromatic rings. The summed E-state index contributed by atoms with van der Waals surface area (Å²) < 4.78 is 16.0. The molecule has 34 heavy (non-hydrogen) atoms. The zero-order chi connectivity index (χ0) is 25.5. The number of esters is 1. The maximum Gasteiger partial charge on any atom is 0.410 e. The molecule has 10 heteroatoms. The molecule has 0 aliphatic carbocycles. The Morgan fingerprint density at radius 2 is 1.62 bits per heavy atom. The Morgan fingerprint density at radius 3 is 2.18 bits per heavy atom. The van der Waals surface area contributed by atoms with Crippen LogP contribution < -0.4 is 5.32 Å². The fraction of sp³-hybridized carbons (Fsp3) is 0.667. The molecule has 190 valence electrons. The van der Waals surface area contributed by atoms with Crippen molar-refractivity contribution >= 4 is 18.2 Å². The monoisotopic (exact) mass is 478 g/mol. The molecule has 1 unspecified atom stereocenters. The lowest BCUT2D eigenvalue weighted by atomic mass is 10.1. The van der Waals surface area contributed by atoms with Crippen LogP contribution in [0.2, 0.25) is 0 Å². The van der Waals surface area contributed by atoms with Gasteiger partial charge in [-0.05, 0) is 53.7 Å². The summed E-state index contributed by atoms with van der Waals surface area (Å²) in [5.74, 6) is -0.473. The van der Waals surface area contributed by atoms with Crippen LogP contribution in [0.1, 0.15) is 57.6 Å². The fourth-order valence-electron chi connectivity index (χ4n) is 3.42. The Balaban J connectivity index is 2.35. The van der Waals surface area contributed by atoms with Crippen molar-refractivity contribution in [3.63, 3.8) is 0 Å². The van der Waals surface area contributed by atoms with Crippen molar-refractivity contribution in [1.29, 1.82) is 0 Å². The van der Waals surface area contributed by atoms with E-state index < -0.39 is 35.4 Å². The summed E-state index contributed by atoms with van der Waals surface area (Å²) in [6, 6.07) is 2.94. The van der Waals surface area contributed by atoms with E-state index in [1.54, 1.807) is 21.9 Å². The predicted molar refractivity (Wildman–Crippen MR) is 127 cm³/mol. The molecule has 0 saturated carbocycles. The number of hydrogen-bond donors (Lipinski definition) is 1. The number of carbonyl (C=O) groups excluding carboxylic acids is 3. The summed E-state index contributed by atoms with van der Waals surface area (Å²) in [5.41, 5.74) is -0.306. The number of aromatic nitrogens is 1. The van der Waals surface area contributed by atoms with Gasteiger partial charge in [-0.25, -0.2) is 14.4 Å². The summed E-state index contributed by atoms with van der Waals surface area (Å²) in [6.45, 7) is 13.1. The summed E-state index contributed by atoms with van der Waals surface area (Å²) in [7, 11) is 1.31. The van der Waals surface area contributed by atoms with Gasteiger partial charge >= 0.3 is 18.2 Å². The van der Waals surface area contributed by atoms with E-state index in [9.17, 15) is 14.4 Å². The lowest BCUT2D eigenvalue weighted by Crippen LogP contribution is -2.52. The van der Waals surface area contributed by atoms with E-state index in [0.29, 0.717) is 43.9 Å². The highest BCUT2D eigenvalue weighted by molar-refractivity contribution is 5.88. The topological polar surface area (TPSA) is 110 Å². The van der Waals surface area contributed by atoms with Crippen LogP contribution in [-0.4, -0.2) is 90.0 Å². The van der Waals surface area contributed by atoms with Crippen LogP contribution >= 0.6 is 0 Å². The zero-order valence-electron chi connectivity index (χ0n) is 21.3. The average Bonchev–Trinajstić information content (AvgIpc) is 2.82. The van der Waals surface area contributed by atoms with E-state index >= 15 is 0 Å². The number of nitrogens with one attached hydrogen (secondary N) is 1. The van der Waals surface area contributed by atoms with Gasteiger partial charge in [0.1, 0.15) is 11.2 Å². The van der Waals surface area contributed by atoms with Crippen LogP contribution in [0.3, 0.4) is 0 Å². The Morgan fingerprint density at radius 1 is 1.00 bits per heavy atom. The van der Waals surface area contributed by atoms with E-state index in [1.165, 1.54) is 13.3 Å². The maximum absolute atomic E-state index is 13.1. The molecule has 0 bridgehead atoms. The molecule has 1 atom stereocenters. The third-order valence-corrected chi connectivity index (χ3v) is 4.93.